The van der Waals surface area contributed by atoms with Crippen LogP contribution in [0.15, 0.2) is 6.20 Å². The van der Waals surface area contributed by atoms with Gasteiger partial charge in [0.15, 0.2) is 0 Å². The van der Waals surface area contributed by atoms with Crippen molar-refractivity contribution in [2.75, 3.05) is 13.7 Å². The molecule has 0 radical (unpaired) electrons. The first-order chi connectivity index (χ1) is 5.29. The van der Waals surface area contributed by atoms with Gasteiger partial charge in [-0.1, -0.05) is 0 Å². The first kappa shape index (κ1) is 8.07. The molecule has 0 fully saturated rings. The number of ether oxygens (including phenoxy) is 1. The average Bonchev–Trinajstić information content (AvgIpc) is 2.33. The van der Waals surface area contributed by atoms with Gasteiger partial charge in [-0.05, 0) is 13.0 Å². The third kappa shape index (κ3) is 1.51. The molecule has 0 saturated heterocycles. The molecule has 0 unspecified atom stereocenters. The predicted molar refractivity (Wildman–Crippen MR) is 42.5 cm³/mol. The molecular formula is C7H13N3O. The smallest absolute Gasteiger partial charge is 0.214 e. The summed E-state index contributed by atoms with van der Waals surface area (Å²) in [6.07, 6.45) is 2.60. The van der Waals surface area contributed by atoms with Crippen LogP contribution in [-0.4, -0.2) is 23.4 Å². The van der Waals surface area contributed by atoms with Crippen molar-refractivity contribution in [1.82, 2.24) is 9.78 Å². The number of methoxy groups -OCH3 is 1. The van der Waals surface area contributed by atoms with Crippen LogP contribution in [0, 0.1) is 0 Å². The van der Waals surface area contributed by atoms with E-state index in [-0.39, 0.29) is 0 Å². The summed E-state index contributed by atoms with van der Waals surface area (Å²) in [5, 5.41) is 4.04. The SMILES string of the molecule is COc1c(CCN)cnn1C. The summed E-state index contributed by atoms with van der Waals surface area (Å²) in [5.41, 5.74) is 6.47. The number of hydrogen-bond donors (Lipinski definition) is 1. The van der Waals surface area contributed by atoms with Crippen LogP contribution in [-0.2, 0) is 13.5 Å². The molecule has 0 amide bonds. The summed E-state index contributed by atoms with van der Waals surface area (Å²) in [6, 6.07) is 0. The highest BCUT2D eigenvalue weighted by molar-refractivity contribution is 5.24. The average molecular weight is 155 g/mol. The number of aryl methyl sites for hydroxylation is 1. The topological polar surface area (TPSA) is 53.1 Å². The van der Waals surface area contributed by atoms with E-state index in [1.165, 1.54) is 0 Å². The van der Waals surface area contributed by atoms with Crippen LogP contribution in [0.25, 0.3) is 0 Å². The fourth-order valence-corrected chi connectivity index (χ4v) is 1.06. The second-order valence-electron chi connectivity index (χ2n) is 2.34. The minimum Gasteiger partial charge on any atom is -0.481 e. The number of aromatic nitrogens is 2. The fourth-order valence-electron chi connectivity index (χ4n) is 1.06. The number of hydrogen-bond acceptors (Lipinski definition) is 3. The van der Waals surface area contributed by atoms with Crippen LogP contribution in [0.2, 0.25) is 0 Å². The van der Waals surface area contributed by atoms with Gasteiger partial charge in [-0.2, -0.15) is 5.10 Å². The van der Waals surface area contributed by atoms with Crippen LogP contribution in [0.5, 0.6) is 5.88 Å². The molecule has 4 nitrogen and oxygen atoms in total. The van der Waals surface area contributed by atoms with Gasteiger partial charge < -0.3 is 10.5 Å². The number of nitrogens with two attached hydrogens (primary N) is 1. The molecule has 0 aliphatic carbocycles. The van der Waals surface area contributed by atoms with Crippen molar-refractivity contribution in [3.05, 3.63) is 11.8 Å². The molecule has 1 rings (SSSR count). The highest BCUT2D eigenvalue weighted by Gasteiger charge is 2.06. The Kier molecular flexibility index (Phi) is 2.48. The molecule has 1 aromatic heterocycles. The van der Waals surface area contributed by atoms with E-state index in [4.69, 9.17) is 10.5 Å². The Labute approximate surface area is 66.0 Å². The lowest BCUT2D eigenvalue weighted by molar-refractivity contribution is 0.369. The van der Waals surface area contributed by atoms with E-state index in [0.29, 0.717) is 6.54 Å². The maximum Gasteiger partial charge on any atom is 0.214 e. The molecule has 0 atom stereocenters. The fraction of sp³-hybridized carbons (Fsp3) is 0.571. The molecule has 2 N–H and O–H groups in total. The van der Waals surface area contributed by atoms with E-state index in [9.17, 15) is 0 Å². The van der Waals surface area contributed by atoms with E-state index in [0.717, 1.165) is 17.9 Å². The molecule has 0 aromatic carbocycles. The first-order valence-electron chi connectivity index (χ1n) is 3.54. The summed E-state index contributed by atoms with van der Waals surface area (Å²) in [6.45, 7) is 0.627. The third-order valence-electron chi connectivity index (χ3n) is 1.56. The Morgan fingerprint density at radius 1 is 1.73 bits per heavy atom. The van der Waals surface area contributed by atoms with Gasteiger partial charge >= 0.3 is 0 Å². The second kappa shape index (κ2) is 3.39. The largest absolute Gasteiger partial charge is 0.481 e. The zero-order chi connectivity index (χ0) is 8.27. The molecular weight excluding hydrogens is 142 g/mol. The standard InChI is InChI=1S/C7H13N3O/c1-10-7(11-2)6(3-4-8)5-9-10/h5H,3-4,8H2,1-2H3. The van der Waals surface area contributed by atoms with Crippen molar-refractivity contribution in [3.63, 3.8) is 0 Å². The molecule has 0 aliphatic heterocycles. The third-order valence-corrected chi connectivity index (χ3v) is 1.56. The molecule has 1 aromatic rings. The second-order valence-corrected chi connectivity index (χ2v) is 2.34. The van der Waals surface area contributed by atoms with Gasteiger partial charge in [-0.25, -0.2) is 4.68 Å². The summed E-state index contributed by atoms with van der Waals surface area (Å²) in [7, 11) is 3.48. The number of nitrogens with zero attached hydrogens (tertiary/aromatic N) is 2. The first-order valence-corrected chi connectivity index (χ1v) is 3.54. The summed E-state index contributed by atoms with van der Waals surface area (Å²) < 4.78 is 6.81. The molecule has 0 spiro atoms. The Hall–Kier alpha value is -1.03. The minimum absolute atomic E-state index is 0.627. The Bertz CT molecular complexity index is 232. The highest BCUT2D eigenvalue weighted by atomic mass is 16.5. The summed E-state index contributed by atoms with van der Waals surface area (Å²) in [5.74, 6) is 0.801. The quantitative estimate of drug-likeness (QED) is 0.664. The van der Waals surface area contributed by atoms with E-state index < -0.39 is 0 Å². The van der Waals surface area contributed by atoms with Gasteiger partial charge in [0.25, 0.3) is 0 Å². The van der Waals surface area contributed by atoms with Crippen molar-refractivity contribution in [3.8, 4) is 5.88 Å². The van der Waals surface area contributed by atoms with Crippen molar-refractivity contribution in [2.45, 2.75) is 6.42 Å². The Balaban J connectivity index is 2.86. The van der Waals surface area contributed by atoms with Crippen molar-refractivity contribution in [1.29, 1.82) is 0 Å². The molecule has 1 heterocycles. The van der Waals surface area contributed by atoms with Gasteiger partial charge in [0.05, 0.1) is 13.3 Å². The molecule has 4 heteroatoms. The lowest BCUT2D eigenvalue weighted by atomic mass is 10.2. The van der Waals surface area contributed by atoms with Gasteiger partial charge in [0, 0.05) is 12.6 Å². The highest BCUT2D eigenvalue weighted by Crippen LogP contribution is 2.15. The van der Waals surface area contributed by atoms with Gasteiger partial charge in [0.2, 0.25) is 5.88 Å². The maximum atomic E-state index is 5.40. The van der Waals surface area contributed by atoms with Crippen LogP contribution in [0.3, 0.4) is 0 Å². The Morgan fingerprint density at radius 2 is 2.45 bits per heavy atom. The minimum atomic E-state index is 0.627. The summed E-state index contributed by atoms with van der Waals surface area (Å²) in [4.78, 5) is 0. The van der Waals surface area contributed by atoms with Gasteiger partial charge in [0.1, 0.15) is 0 Å². The molecule has 11 heavy (non-hydrogen) atoms. The van der Waals surface area contributed by atoms with Gasteiger partial charge in [-0.15, -0.1) is 0 Å². The van der Waals surface area contributed by atoms with Crippen molar-refractivity contribution < 1.29 is 4.74 Å². The maximum absolute atomic E-state index is 5.40. The summed E-state index contributed by atoms with van der Waals surface area (Å²) >= 11 is 0. The molecule has 0 bridgehead atoms. The van der Waals surface area contributed by atoms with E-state index in [2.05, 4.69) is 5.10 Å². The molecule has 0 saturated carbocycles. The lowest BCUT2D eigenvalue weighted by Gasteiger charge is -2.01. The predicted octanol–water partition coefficient (Wildman–Crippen LogP) is -0.0701. The van der Waals surface area contributed by atoms with E-state index in [1.54, 1.807) is 18.0 Å². The zero-order valence-corrected chi connectivity index (χ0v) is 6.87. The monoisotopic (exact) mass is 155 g/mol. The van der Waals surface area contributed by atoms with E-state index in [1.807, 2.05) is 7.05 Å². The van der Waals surface area contributed by atoms with Crippen LogP contribution < -0.4 is 10.5 Å². The Morgan fingerprint density at radius 3 is 3.00 bits per heavy atom. The van der Waals surface area contributed by atoms with Crippen molar-refractivity contribution in [2.24, 2.45) is 12.8 Å². The van der Waals surface area contributed by atoms with Crippen LogP contribution in [0.1, 0.15) is 5.56 Å². The van der Waals surface area contributed by atoms with Crippen LogP contribution >= 0.6 is 0 Å². The van der Waals surface area contributed by atoms with Gasteiger partial charge in [-0.3, -0.25) is 0 Å². The lowest BCUT2D eigenvalue weighted by Crippen LogP contribution is -2.04. The molecule has 0 aliphatic rings. The van der Waals surface area contributed by atoms with E-state index >= 15 is 0 Å². The molecule has 62 valence electrons. The van der Waals surface area contributed by atoms with Crippen LogP contribution in [0.4, 0.5) is 0 Å². The zero-order valence-electron chi connectivity index (χ0n) is 6.87. The number of rotatable bonds is 3. The normalized spacial score (nSPS) is 10.1. The van der Waals surface area contributed by atoms with Crippen molar-refractivity contribution >= 4 is 0 Å².